The number of benzene rings is 2. The lowest BCUT2D eigenvalue weighted by Gasteiger charge is -2.33. The molecule has 1 aliphatic heterocycles. The van der Waals surface area contributed by atoms with Crippen molar-refractivity contribution in [3.05, 3.63) is 54.3 Å². The number of fused-ring (bicyclic) bond motifs is 1. The van der Waals surface area contributed by atoms with Gasteiger partial charge in [0.25, 0.3) is 5.91 Å². The maximum absolute atomic E-state index is 12.9. The second-order valence-electron chi connectivity index (χ2n) is 5.34. The molecule has 25 heavy (non-hydrogen) atoms. The van der Waals surface area contributed by atoms with Crippen LogP contribution < -0.4 is 14.4 Å². The van der Waals surface area contributed by atoms with Crippen LogP contribution in [0.4, 0.5) is 10.1 Å². The average Bonchev–Trinajstić information content (AvgIpc) is 2.65. The molecular weight excluding hydrogens is 329 g/mol. The third kappa shape index (κ3) is 3.71. The molecule has 0 saturated carbocycles. The van der Waals surface area contributed by atoms with Gasteiger partial charge in [-0.05, 0) is 36.4 Å². The molecule has 1 heterocycles. The Bertz CT molecular complexity index is 777. The molecule has 0 N–H and O–H groups in total. The molecule has 0 bridgehead atoms. The van der Waals surface area contributed by atoms with E-state index in [2.05, 4.69) is 0 Å². The summed E-state index contributed by atoms with van der Waals surface area (Å²) in [5, 5.41) is 0. The van der Waals surface area contributed by atoms with Crippen LogP contribution in [0.25, 0.3) is 0 Å². The van der Waals surface area contributed by atoms with Gasteiger partial charge in [-0.25, -0.2) is 9.18 Å². The summed E-state index contributed by atoms with van der Waals surface area (Å²) in [5.41, 5.74) is 0.551. The summed E-state index contributed by atoms with van der Waals surface area (Å²) in [7, 11) is 1.26. The van der Waals surface area contributed by atoms with Gasteiger partial charge in [-0.15, -0.1) is 0 Å². The number of esters is 1. The molecule has 2 aromatic rings. The molecule has 3 rings (SSSR count). The monoisotopic (exact) mass is 345 g/mol. The van der Waals surface area contributed by atoms with Crippen molar-refractivity contribution in [1.29, 1.82) is 0 Å². The third-order valence-electron chi connectivity index (χ3n) is 3.71. The van der Waals surface area contributed by atoms with Crippen LogP contribution in [0, 0.1) is 5.82 Å². The zero-order chi connectivity index (χ0) is 17.8. The number of methoxy groups -OCH3 is 1. The van der Waals surface area contributed by atoms with E-state index in [4.69, 9.17) is 14.2 Å². The van der Waals surface area contributed by atoms with Crippen molar-refractivity contribution in [1.82, 2.24) is 0 Å². The van der Waals surface area contributed by atoms with E-state index in [1.165, 1.54) is 36.3 Å². The van der Waals surface area contributed by atoms with Crippen LogP contribution in [0.15, 0.2) is 48.5 Å². The highest BCUT2D eigenvalue weighted by Crippen LogP contribution is 2.33. The molecule has 0 saturated heterocycles. The Labute approximate surface area is 143 Å². The Morgan fingerprint density at radius 2 is 1.92 bits per heavy atom. The lowest BCUT2D eigenvalue weighted by molar-refractivity contribution is -0.148. The number of hydrogen-bond acceptors (Lipinski definition) is 5. The van der Waals surface area contributed by atoms with Gasteiger partial charge in [-0.1, -0.05) is 12.1 Å². The predicted molar refractivity (Wildman–Crippen MR) is 87.1 cm³/mol. The first-order valence-corrected chi connectivity index (χ1v) is 7.60. The third-order valence-corrected chi connectivity index (χ3v) is 3.71. The molecule has 0 aliphatic carbocycles. The van der Waals surface area contributed by atoms with E-state index in [0.717, 1.165) is 0 Å². The number of carbonyl (C=O) groups excluding carboxylic acids is 2. The SMILES string of the molecule is COC(=O)[C@@H]1CN(C(=O)COc2ccc(F)cc2)c2ccccc2O1. The van der Waals surface area contributed by atoms with Gasteiger partial charge < -0.3 is 19.1 Å². The van der Waals surface area contributed by atoms with Crippen LogP contribution in [-0.4, -0.2) is 38.2 Å². The first-order chi connectivity index (χ1) is 12.1. The van der Waals surface area contributed by atoms with Crippen LogP contribution >= 0.6 is 0 Å². The molecule has 0 unspecified atom stereocenters. The van der Waals surface area contributed by atoms with Gasteiger partial charge in [0.2, 0.25) is 6.10 Å². The number of para-hydroxylation sites is 2. The molecule has 6 nitrogen and oxygen atoms in total. The van der Waals surface area contributed by atoms with E-state index >= 15 is 0 Å². The molecule has 0 fully saturated rings. The molecule has 1 amide bonds. The first-order valence-electron chi connectivity index (χ1n) is 7.60. The standard InChI is InChI=1S/C18H16FNO5/c1-23-18(22)16-10-20(14-4-2-3-5-15(14)25-16)17(21)11-24-13-8-6-12(19)7-9-13/h2-9,16H,10-11H2,1H3/t16-/m0/s1. The summed E-state index contributed by atoms with van der Waals surface area (Å²) >= 11 is 0. The van der Waals surface area contributed by atoms with Crippen molar-refractivity contribution in [2.75, 3.05) is 25.2 Å². The molecule has 130 valence electrons. The van der Waals surface area contributed by atoms with E-state index in [-0.39, 0.29) is 24.9 Å². The topological polar surface area (TPSA) is 65.1 Å². The fourth-order valence-electron chi connectivity index (χ4n) is 2.48. The van der Waals surface area contributed by atoms with E-state index < -0.39 is 12.1 Å². The van der Waals surface area contributed by atoms with Crippen LogP contribution in [0.5, 0.6) is 11.5 Å². The van der Waals surface area contributed by atoms with E-state index in [1.807, 2.05) is 0 Å². The molecule has 0 aromatic heterocycles. The minimum atomic E-state index is -0.908. The van der Waals surface area contributed by atoms with Crippen LogP contribution in [-0.2, 0) is 14.3 Å². The molecule has 7 heteroatoms. The maximum Gasteiger partial charge on any atom is 0.348 e. The van der Waals surface area contributed by atoms with Gasteiger partial charge in [0, 0.05) is 0 Å². The Hall–Kier alpha value is -3.09. The van der Waals surface area contributed by atoms with E-state index in [1.54, 1.807) is 24.3 Å². The van der Waals surface area contributed by atoms with Crippen molar-refractivity contribution >= 4 is 17.6 Å². The smallest absolute Gasteiger partial charge is 0.348 e. The number of ether oxygens (including phenoxy) is 3. The largest absolute Gasteiger partial charge is 0.484 e. The lowest BCUT2D eigenvalue weighted by Crippen LogP contribution is -2.48. The molecular formula is C18H16FNO5. The highest BCUT2D eigenvalue weighted by Gasteiger charge is 2.34. The zero-order valence-corrected chi connectivity index (χ0v) is 13.5. The van der Waals surface area contributed by atoms with Gasteiger partial charge in [-0.2, -0.15) is 0 Å². The minimum absolute atomic E-state index is 0.0231. The van der Waals surface area contributed by atoms with Crippen molar-refractivity contribution in [2.24, 2.45) is 0 Å². The summed E-state index contributed by atoms with van der Waals surface area (Å²) in [4.78, 5) is 25.8. The first kappa shape index (κ1) is 16.8. The van der Waals surface area contributed by atoms with Crippen LogP contribution in [0.3, 0.4) is 0 Å². The number of anilines is 1. The van der Waals surface area contributed by atoms with Crippen LogP contribution in [0.2, 0.25) is 0 Å². The molecule has 1 aliphatic rings. The Kier molecular flexibility index (Phi) is 4.83. The Morgan fingerprint density at radius 1 is 1.20 bits per heavy atom. The fraction of sp³-hybridized carbons (Fsp3) is 0.222. The lowest BCUT2D eigenvalue weighted by atomic mass is 10.2. The number of hydrogen-bond donors (Lipinski definition) is 0. The van der Waals surface area contributed by atoms with E-state index in [9.17, 15) is 14.0 Å². The highest BCUT2D eigenvalue weighted by atomic mass is 19.1. The summed E-state index contributed by atoms with van der Waals surface area (Å²) in [5.74, 6) is -0.512. The number of nitrogens with zero attached hydrogens (tertiary/aromatic N) is 1. The summed E-state index contributed by atoms with van der Waals surface area (Å²) in [6, 6.07) is 12.3. The number of rotatable bonds is 4. The quantitative estimate of drug-likeness (QED) is 0.795. The summed E-state index contributed by atoms with van der Waals surface area (Å²) in [6.07, 6.45) is -0.908. The van der Waals surface area contributed by atoms with Crippen molar-refractivity contribution in [3.8, 4) is 11.5 Å². The summed E-state index contributed by atoms with van der Waals surface area (Å²) in [6.45, 7) is -0.233. The molecule has 0 radical (unpaired) electrons. The fourth-order valence-corrected chi connectivity index (χ4v) is 2.48. The molecule has 2 aromatic carbocycles. The van der Waals surface area contributed by atoms with Gasteiger partial charge in [0.15, 0.2) is 6.61 Å². The molecule has 0 spiro atoms. The second-order valence-corrected chi connectivity index (χ2v) is 5.34. The van der Waals surface area contributed by atoms with Crippen molar-refractivity contribution in [2.45, 2.75) is 6.10 Å². The average molecular weight is 345 g/mol. The van der Waals surface area contributed by atoms with Crippen LogP contribution in [0.1, 0.15) is 0 Å². The normalized spacial score (nSPS) is 15.8. The summed E-state index contributed by atoms with van der Waals surface area (Å²) < 4.78 is 28.6. The van der Waals surface area contributed by atoms with Gasteiger partial charge in [0.1, 0.15) is 17.3 Å². The maximum atomic E-state index is 12.9. The number of amides is 1. The van der Waals surface area contributed by atoms with Gasteiger partial charge in [0.05, 0.1) is 19.3 Å². The second kappa shape index (κ2) is 7.21. The Morgan fingerprint density at radius 3 is 2.64 bits per heavy atom. The Balaban J connectivity index is 1.75. The molecule has 1 atom stereocenters. The minimum Gasteiger partial charge on any atom is -0.484 e. The zero-order valence-electron chi connectivity index (χ0n) is 13.5. The highest BCUT2D eigenvalue weighted by molar-refractivity contribution is 5.97. The van der Waals surface area contributed by atoms with Crippen molar-refractivity contribution < 1.29 is 28.2 Å². The van der Waals surface area contributed by atoms with Gasteiger partial charge >= 0.3 is 5.97 Å². The van der Waals surface area contributed by atoms with Crippen molar-refractivity contribution in [3.63, 3.8) is 0 Å². The van der Waals surface area contributed by atoms with Gasteiger partial charge in [-0.3, -0.25) is 4.79 Å². The predicted octanol–water partition coefficient (Wildman–Crippen LogP) is 2.17. The number of carbonyl (C=O) groups is 2. The number of halogens is 1. The van der Waals surface area contributed by atoms with E-state index in [0.29, 0.717) is 17.2 Å².